The fourth-order valence-corrected chi connectivity index (χ4v) is 10.1. The maximum absolute atomic E-state index is 13.9. The molecule has 4 fully saturated rings. The summed E-state index contributed by atoms with van der Waals surface area (Å²) >= 11 is 0. The molecule has 2 aromatic rings. The van der Waals surface area contributed by atoms with Gasteiger partial charge in [-0.3, -0.25) is 0 Å². The minimum Gasteiger partial charge on any atom is -0.408 e. The van der Waals surface area contributed by atoms with Crippen LogP contribution in [-0.4, -0.2) is 27.4 Å². The molecule has 1 heterocycles. The standard InChI is InChI=1S/C32H44FNO4/c1-17(5-8-28-34-26-13-18(2)25(33)16-21(26)30(37)38-28)22-6-7-23-29-24(10-12-32(22,23)4)31(3)11-9-20(35)14-19(31)15-27(29)36/h13,16-17,19-20,22-24,27,29,35-36H,5-12,14-15H2,1-4H3/t17-,19+,20-,22-,23+,24?,27+,29+,31+,32-/m1/s1. The molecule has 5 nitrogen and oxygen atoms in total. The molecule has 0 aliphatic heterocycles. The van der Waals surface area contributed by atoms with Gasteiger partial charge in [-0.2, -0.15) is 0 Å². The average Bonchev–Trinajstić information content (AvgIpc) is 3.22. The van der Waals surface area contributed by atoms with Crippen molar-refractivity contribution in [1.29, 1.82) is 0 Å². The van der Waals surface area contributed by atoms with E-state index in [-0.39, 0.29) is 28.4 Å². The molecule has 1 aromatic heterocycles. The molecule has 0 saturated heterocycles. The molecule has 0 bridgehead atoms. The second-order valence-electron chi connectivity index (χ2n) is 14.0. The van der Waals surface area contributed by atoms with Crippen molar-refractivity contribution >= 4 is 10.9 Å². The lowest BCUT2D eigenvalue weighted by Crippen LogP contribution is -2.58. The highest BCUT2D eigenvalue weighted by Crippen LogP contribution is 2.68. The Morgan fingerprint density at radius 2 is 1.82 bits per heavy atom. The van der Waals surface area contributed by atoms with Crippen LogP contribution in [0, 0.1) is 59.1 Å². The van der Waals surface area contributed by atoms with Crippen molar-refractivity contribution in [2.24, 2.45) is 46.3 Å². The highest BCUT2D eigenvalue weighted by molar-refractivity contribution is 5.77. The van der Waals surface area contributed by atoms with Gasteiger partial charge in [0.15, 0.2) is 5.89 Å². The summed E-state index contributed by atoms with van der Waals surface area (Å²) in [4.78, 5) is 17.1. The molecule has 38 heavy (non-hydrogen) atoms. The van der Waals surface area contributed by atoms with Crippen LogP contribution in [0.4, 0.5) is 4.39 Å². The first-order valence-corrected chi connectivity index (χ1v) is 15.0. The molecule has 6 rings (SSSR count). The van der Waals surface area contributed by atoms with Crippen molar-refractivity contribution in [1.82, 2.24) is 4.98 Å². The topological polar surface area (TPSA) is 83.6 Å². The Balaban J connectivity index is 1.18. The van der Waals surface area contributed by atoms with Gasteiger partial charge in [0.1, 0.15) is 5.82 Å². The number of hydrogen-bond acceptors (Lipinski definition) is 5. The predicted molar refractivity (Wildman–Crippen MR) is 145 cm³/mol. The lowest BCUT2D eigenvalue weighted by atomic mass is 9.43. The summed E-state index contributed by atoms with van der Waals surface area (Å²) in [5, 5.41) is 22.0. The third-order valence-corrected chi connectivity index (χ3v) is 12.2. The van der Waals surface area contributed by atoms with E-state index >= 15 is 0 Å². The van der Waals surface area contributed by atoms with Crippen LogP contribution >= 0.6 is 0 Å². The zero-order valence-corrected chi connectivity index (χ0v) is 23.4. The maximum atomic E-state index is 13.9. The zero-order chi connectivity index (χ0) is 27.0. The van der Waals surface area contributed by atoms with Crippen molar-refractivity contribution in [2.45, 2.75) is 104 Å². The van der Waals surface area contributed by atoms with Gasteiger partial charge < -0.3 is 14.6 Å². The Labute approximate surface area is 225 Å². The van der Waals surface area contributed by atoms with Crippen molar-refractivity contribution in [3.05, 3.63) is 39.8 Å². The largest absolute Gasteiger partial charge is 0.408 e. The lowest BCUT2D eigenvalue weighted by Gasteiger charge is -2.62. The first kappa shape index (κ1) is 26.4. The number of aliphatic hydroxyl groups excluding tert-OH is 2. The van der Waals surface area contributed by atoms with Gasteiger partial charge in [0.2, 0.25) is 0 Å². The molecule has 10 atom stereocenters. The Bertz CT molecular complexity index is 1280. The fraction of sp³-hybridized carbons (Fsp3) is 0.750. The number of halogens is 1. The first-order valence-electron chi connectivity index (χ1n) is 15.0. The van der Waals surface area contributed by atoms with E-state index in [4.69, 9.17) is 4.42 Å². The van der Waals surface area contributed by atoms with Crippen LogP contribution in [0.25, 0.3) is 10.9 Å². The Hall–Kier alpha value is -1.79. The SMILES string of the molecule is Cc1cc2nc(CC[C@@H](C)[C@H]3CC[C@H]4[C@H]5C(CC[C@]34C)[C@@]3(C)CC[C@@H](O)C[C@H]3C[C@@H]5O)oc(=O)c2cc1F. The van der Waals surface area contributed by atoms with Gasteiger partial charge in [0.25, 0.3) is 0 Å². The highest BCUT2D eigenvalue weighted by Gasteiger charge is 2.62. The van der Waals surface area contributed by atoms with Gasteiger partial charge in [-0.15, -0.1) is 0 Å². The van der Waals surface area contributed by atoms with Crippen molar-refractivity contribution in [2.75, 3.05) is 0 Å². The van der Waals surface area contributed by atoms with Gasteiger partial charge in [0.05, 0.1) is 23.1 Å². The summed E-state index contributed by atoms with van der Waals surface area (Å²) in [6.07, 6.45) is 9.47. The number of fused-ring (bicyclic) bond motifs is 6. The fourth-order valence-electron chi connectivity index (χ4n) is 10.1. The van der Waals surface area contributed by atoms with E-state index in [1.807, 2.05) is 0 Å². The van der Waals surface area contributed by atoms with E-state index in [1.165, 1.54) is 31.7 Å². The Morgan fingerprint density at radius 3 is 2.61 bits per heavy atom. The summed E-state index contributed by atoms with van der Waals surface area (Å²) in [5.74, 6) is 2.95. The van der Waals surface area contributed by atoms with Gasteiger partial charge in [0, 0.05) is 6.42 Å². The number of benzene rings is 1. The van der Waals surface area contributed by atoms with Crippen LogP contribution in [0.2, 0.25) is 0 Å². The van der Waals surface area contributed by atoms with Crippen molar-refractivity contribution < 1.29 is 19.0 Å². The van der Waals surface area contributed by atoms with Gasteiger partial charge in [-0.05, 0) is 129 Å². The number of nitrogens with zero attached hydrogens (tertiary/aromatic N) is 1. The van der Waals surface area contributed by atoms with E-state index < -0.39 is 11.4 Å². The zero-order valence-electron chi connectivity index (χ0n) is 23.4. The molecule has 0 amide bonds. The van der Waals surface area contributed by atoms with E-state index in [9.17, 15) is 19.4 Å². The molecule has 6 heteroatoms. The van der Waals surface area contributed by atoms with Crippen LogP contribution in [-0.2, 0) is 6.42 Å². The second kappa shape index (κ2) is 9.40. The van der Waals surface area contributed by atoms with Crippen molar-refractivity contribution in [3.63, 3.8) is 0 Å². The highest BCUT2D eigenvalue weighted by atomic mass is 19.1. The minimum atomic E-state index is -0.518. The maximum Gasteiger partial charge on any atom is 0.346 e. The smallest absolute Gasteiger partial charge is 0.346 e. The molecule has 208 valence electrons. The molecule has 2 N–H and O–H groups in total. The van der Waals surface area contributed by atoms with E-state index in [0.717, 1.165) is 32.1 Å². The van der Waals surface area contributed by atoms with E-state index in [0.29, 0.717) is 58.9 Å². The summed E-state index contributed by atoms with van der Waals surface area (Å²) in [6.45, 7) is 8.96. The molecule has 1 unspecified atom stereocenters. The number of hydrogen-bond donors (Lipinski definition) is 2. The second-order valence-corrected chi connectivity index (χ2v) is 14.0. The first-order chi connectivity index (χ1) is 18.0. The van der Waals surface area contributed by atoms with E-state index in [1.54, 1.807) is 13.0 Å². The minimum absolute atomic E-state index is 0.197. The van der Waals surface area contributed by atoms with Crippen LogP contribution in [0.3, 0.4) is 0 Å². The average molecular weight is 526 g/mol. The third kappa shape index (κ3) is 4.08. The summed E-state index contributed by atoms with van der Waals surface area (Å²) in [7, 11) is 0. The molecule has 4 aliphatic carbocycles. The molecule has 0 spiro atoms. The molecule has 4 saturated carbocycles. The number of aryl methyl sites for hydroxylation is 2. The Morgan fingerprint density at radius 1 is 1.08 bits per heavy atom. The Kier molecular flexibility index (Phi) is 6.54. The predicted octanol–water partition coefficient (Wildman–Crippen LogP) is 6.19. The van der Waals surface area contributed by atoms with Crippen LogP contribution in [0.5, 0.6) is 0 Å². The molecule has 4 aliphatic rings. The summed E-state index contributed by atoms with van der Waals surface area (Å²) in [5.41, 5.74) is 0.920. The van der Waals surface area contributed by atoms with Crippen LogP contribution in [0.1, 0.15) is 90.0 Å². The molecule has 1 aromatic carbocycles. The number of rotatable bonds is 4. The summed E-state index contributed by atoms with van der Waals surface area (Å²) < 4.78 is 19.4. The summed E-state index contributed by atoms with van der Waals surface area (Å²) in [6, 6.07) is 2.85. The van der Waals surface area contributed by atoms with Crippen LogP contribution in [0.15, 0.2) is 21.3 Å². The van der Waals surface area contributed by atoms with Gasteiger partial charge in [-0.1, -0.05) is 20.8 Å². The van der Waals surface area contributed by atoms with Gasteiger partial charge >= 0.3 is 5.63 Å². The normalized spacial score (nSPS) is 41.4. The van der Waals surface area contributed by atoms with Crippen LogP contribution < -0.4 is 5.63 Å². The third-order valence-electron chi connectivity index (χ3n) is 12.2. The quantitative estimate of drug-likeness (QED) is 0.497. The van der Waals surface area contributed by atoms with Crippen molar-refractivity contribution in [3.8, 4) is 0 Å². The van der Waals surface area contributed by atoms with E-state index in [2.05, 4.69) is 25.8 Å². The molecule has 0 radical (unpaired) electrons. The number of aromatic nitrogens is 1. The molecular formula is C32H44FNO4. The lowest BCUT2D eigenvalue weighted by molar-refractivity contribution is -0.174. The van der Waals surface area contributed by atoms with Gasteiger partial charge in [-0.25, -0.2) is 14.2 Å². The number of aliphatic hydroxyl groups is 2. The monoisotopic (exact) mass is 525 g/mol. The molecular weight excluding hydrogens is 481 g/mol.